The van der Waals surface area contributed by atoms with Crippen LogP contribution in [0.2, 0.25) is 0 Å². The van der Waals surface area contributed by atoms with Gasteiger partial charge in [-0.1, -0.05) is 6.07 Å². The van der Waals surface area contributed by atoms with Crippen LogP contribution < -0.4 is 5.73 Å². The number of rotatable bonds is 3. The highest BCUT2D eigenvalue weighted by Crippen LogP contribution is 2.26. The van der Waals surface area contributed by atoms with Gasteiger partial charge in [0, 0.05) is 12.6 Å². The average molecular weight is 329 g/mol. The summed E-state index contributed by atoms with van der Waals surface area (Å²) in [6.45, 7) is 1.30. The van der Waals surface area contributed by atoms with E-state index in [0.29, 0.717) is 12.1 Å². The van der Waals surface area contributed by atoms with Crippen LogP contribution >= 0.6 is 15.9 Å². The maximum absolute atomic E-state index is 13.5. The second kappa shape index (κ2) is 6.48. The van der Waals surface area contributed by atoms with Gasteiger partial charge in [0.15, 0.2) is 0 Å². The van der Waals surface area contributed by atoms with Crippen LogP contribution in [0.5, 0.6) is 0 Å². The van der Waals surface area contributed by atoms with Gasteiger partial charge in [-0.2, -0.15) is 0 Å². The summed E-state index contributed by atoms with van der Waals surface area (Å²) >= 11 is 3.16. The van der Waals surface area contributed by atoms with Crippen LogP contribution in [-0.2, 0) is 0 Å². The minimum atomic E-state index is -0.404. The van der Waals surface area contributed by atoms with E-state index in [4.69, 9.17) is 5.73 Å². The molecule has 19 heavy (non-hydrogen) atoms. The molecule has 2 N–H and O–H groups in total. The minimum Gasteiger partial charge on any atom is -0.336 e. The Kier molecular flexibility index (Phi) is 4.93. The molecule has 104 valence electrons. The molecule has 1 unspecified atom stereocenters. The predicted octanol–water partition coefficient (Wildman–Crippen LogP) is 2.93. The molecule has 0 aromatic heterocycles. The second-order valence-corrected chi connectivity index (χ2v) is 5.62. The summed E-state index contributed by atoms with van der Waals surface area (Å²) in [5.41, 5.74) is 6.00. The van der Waals surface area contributed by atoms with Crippen LogP contribution in [0.4, 0.5) is 4.39 Å². The van der Waals surface area contributed by atoms with Gasteiger partial charge in [-0.15, -0.1) is 0 Å². The lowest BCUT2D eigenvalue weighted by atomic mass is 9.98. The SMILES string of the molecule is NCCC1CCCCN1C(=O)c1cccc(F)c1Br. The molecule has 0 saturated carbocycles. The van der Waals surface area contributed by atoms with Gasteiger partial charge in [-0.25, -0.2) is 4.39 Å². The highest BCUT2D eigenvalue weighted by atomic mass is 79.9. The van der Waals surface area contributed by atoms with E-state index in [1.54, 1.807) is 12.1 Å². The Balaban J connectivity index is 2.23. The fraction of sp³-hybridized carbons (Fsp3) is 0.500. The zero-order valence-corrected chi connectivity index (χ0v) is 12.3. The van der Waals surface area contributed by atoms with Crippen LogP contribution in [0.25, 0.3) is 0 Å². The van der Waals surface area contributed by atoms with Gasteiger partial charge in [0.05, 0.1) is 10.0 Å². The van der Waals surface area contributed by atoms with Gasteiger partial charge in [0.1, 0.15) is 5.82 Å². The Morgan fingerprint density at radius 3 is 3.00 bits per heavy atom. The van der Waals surface area contributed by atoms with Gasteiger partial charge in [-0.05, 0) is 60.3 Å². The molecule has 0 spiro atoms. The number of piperidine rings is 1. The van der Waals surface area contributed by atoms with E-state index in [1.165, 1.54) is 6.07 Å². The molecule has 0 bridgehead atoms. The zero-order chi connectivity index (χ0) is 13.8. The molecule has 5 heteroatoms. The van der Waals surface area contributed by atoms with Gasteiger partial charge >= 0.3 is 0 Å². The van der Waals surface area contributed by atoms with Crippen molar-refractivity contribution in [2.24, 2.45) is 5.73 Å². The molecule has 1 fully saturated rings. The summed E-state index contributed by atoms with van der Waals surface area (Å²) in [6, 6.07) is 4.74. The maximum atomic E-state index is 13.5. The summed E-state index contributed by atoms with van der Waals surface area (Å²) < 4.78 is 13.8. The molecule has 1 aliphatic rings. The van der Waals surface area contributed by atoms with Crippen molar-refractivity contribution in [3.63, 3.8) is 0 Å². The second-order valence-electron chi connectivity index (χ2n) is 4.83. The van der Waals surface area contributed by atoms with E-state index < -0.39 is 5.82 Å². The summed E-state index contributed by atoms with van der Waals surface area (Å²) in [4.78, 5) is 14.4. The molecule has 1 saturated heterocycles. The largest absolute Gasteiger partial charge is 0.336 e. The molecule has 1 aromatic rings. The molecule has 2 rings (SSSR count). The lowest BCUT2D eigenvalue weighted by molar-refractivity contribution is 0.0603. The predicted molar refractivity (Wildman–Crippen MR) is 76.4 cm³/mol. The summed E-state index contributed by atoms with van der Waals surface area (Å²) in [5, 5.41) is 0. The van der Waals surface area contributed by atoms with Crippen molar-refractivity contribution < 1.29 is 9.18 Å². The third-order valence-corrected chi connectivity index (χ3v) is 4.38. The number of hydrogen-bond donors (Lipinski definition) is 1. The van der Waals surface area contributed by atoms with Crippen LogP contribution in [-0.4, -0.2) is 29.9 Å². The number of carbonyl (C=O) groups is 1. The number of benzene rings is 1. The molecule has 3 nitrogen and oxygen atoms in total. The highest BCUT2D eigenvalue weighted by molar-refractivity contribution is 9.10. The van der Waals surface area contributed by atoms with E-state index in [1.807, 2.05) is 4.90 Å². The number of nitrogens with two attached hydrogens (primary N) is 1. The van der Waals surface area contributed by atoms with E-state index >= 15 is 0 Å². The Hall–Kier alpha value is -0.940. The molecule has 1 amide bonds. The van der Waals surface area contributed by atoms with Crippen LogP contribution in [0, 0.1) is 5.82 Å². The van der Waals surface area contributed by atoms with Gasteiger partial charge in [-0.3, -0.25) is 4.79 Å². The van der Waals surface area contributed by atoms with Crippen molar-refractivity contribution in [3.8, 4) is 0 Å². The number of amides is 1. The molecular formula is C14H18BrFN2O. The van der Waals surface area contributed by atoms with Crippen molar-refractivity contribution in [2.75, 3.05) is 13.1 Å². The smallest absolute Gasteiger partial charge is 0.255 e. The Morgan fingerprint density at radius 2 is 2.26 bits per heavy atom. The fourth-order valence-electron chi connectivity index (χ4n) is 2.58. The number of likely N-dealkylation sites (tertiary alicyclic amines) is 1. The van der Waals surface area contributed by atoms with Gasteiger partial charge in [0.25, 0.3) is 5.91 Å². The molecule has 0 aliphatic carbocycles. The monoisotopic (exact) mass is 328 g/mol. The zero-order valence-electron chi connectivity index (χ0n) is 10.7. The molecular weight excluding hydrogens is 311 g/mol. The average Bonchev–Trinajstić information content (AvgIpc) is 2.42. The lowest BCUT2D eigenvalue weighted by Gasteiger charge is -2.36. The molecule has 1 aromatic carbocycles. The molecule has 1 aliphatic heterocycles. The van der Waals surface area contributed by atoms with E-state index in [-0.39, 0.29) is 16.4 Å². The van der Waals surface area contributed by atoms with Crippen LogP contribution in [0.1, 0.15) is 36.0 Å². The first-order chi connectivity index (χ1) is 9.15. The van der Waals surface area contributed by atoms with E-state index in [9.17, 15) is 9.18 Å². The van der Waals surface area contributed by atoms with Crippen molar-refractivity contribution in [2.45, 2.75) is 31.7 Å². The quantitative estimate of drug-likeness (QED) is 0.927. The first kappa shape index (κ1) is 14.5. The summed E-state index contributed by atoms with van der Waals surface area (Å²) in [6.07, 6.45) is 3.91. The Labute approximate surface area is 121 Å². The molecule has 0 radical (unpaired) electrons. The van der Waals surface area contributed by atoms with E-state index in [0.717, 1.165) is 32.2 Å². The Bertz CT molecular complexity index is 465. The van der Waals surface area contributed by atoms with Crippen molar-refractivity contribution >= 4 is 21.8 Å². The molecule has 1 atom stereocenters. The maximum Gasteiger partial charge on any atom is 0.255 e. The minimum absolute atomic E-state index is 0.107. The highest BCUT2D eigenvalue weighted by Gasteiger charge is 2.28. The number of carbonyl (C=O) groups excluding carboxylic acids is 1. The van der Waals surface area contributed by atoms with E-state index in [2.05, 4.69) is 15.9 Å². The number of halogens is 2. The first-order valence-electron chi connectivity index (χ1n) is 6.60. The number of nitrogens with zero attached hydrogens (tertiary/aromatic N) is 1. The third-order valence-electron chi connectivity index (χ3n) is 3.57. The topological polar surface area (TPSA) is 46.3 Å². The number of hydrogen-bond acceptors (Lipinski definition) is 2. The van der Waals surface area contributed by atoms with Crippen LogP contribution in [0.15, 0.2) is 22.7 Å². The lowest BCUT2D eigenvalue weighted by Crippen LogP contribution is -2.44. The summed E-state index contributed by atoms with van der Waals surface area (Å²) in [5.74, 6) is -0.511. The first-order valence-corrected chi connectivity index (χ1v) is 7.39. The van der Waals surface area contributed by atoms with Gasteiger partial charge < -0.3 is 10.6 Å². The summed E-state index contributed by atoms with van der Waals surface area (Å²) in [7, 11) is 0. The van der Waals surface area contributed by atoms with Gasteiger partial charge in [0.2, 0.25) is 0 Å². The normalized spacial score (nSPS) is 19.5. The molecule has 1 heterocycles. The fourth-order valence-corrected chi connectivity index (χ4v) is 3.02. The Morgan fingerprint density at radius 1 is 1.47 bits per heavy atom. The van der Waals surface area contributed by atoms with Crippen molar-refractivity contribution in [1.29, 1.82) is 0 Å². The third kappa shape index (κ3) is 3.15. The van der Waals surface area contributed by atoms with Crippen LogP contribution in [0.3, 0.4) is 0 Å². The standard InChI is InChI=1S/C14H18BrFN2O/c15-13-11(5-3-6-12(13)16)14(19)18-9-2-1-4-10(18)7-8-17/h3,5-6,10H,1-2,4,7-9,17H2. The van der Waals surface area contributed by atoms with Crippen molar-refractivity contribution in [3.05, 3.63) is 34.1 Å². The van der Waals surface area contributed by atoms with Crippen molar-refractivity contribution in [1.82, 2.24) is 4.90 Å².